The van der Waals surface area contributed by atoms with Gasteiger partial charge in [-0.3, -0.25) is 0 Å². The van der Waals surface area contributed by atoms with Crippen LogP contribution in [0.2, 0.25) is 0 Å². The fourth-order valence-corrected chi connectivity index (χ4v) is 2.30. The van der Waals surface area contributed by atoms with E-state index in [1.54, 1.807) is 0 Å². The van der Waals surface area contributed by atoms with Crippen LogP contribution in [0.1, 0.15) is 0 Å². The summed E-state index contributed by atoms with van der Waals surface area (Å²) in [7, 11) is 1.16. The molecular formula is C12H9F2NO3S. The number of nitrogens with two attached hydrogens (primary N) is 1. The molecule has 0 aliphatic rings. The van der Waals surface area contributed by atoms with Crippen molar-refractivity contribution >= 4 is 22.5 Å². The van der Waals surface area contributed by atoms with E-state index >= 15 is 0 Å². The average molecular weight is 285 g/mol. The molecule has 19 heavy (non-hydrogen) atoms. The molecular weight excluding hydrogens is 276 g/mol. The Labute approximate surface area is 111 Å². The first-order valence-electron chi connectivity index (χ1n) is 5.12. The predicted molar refractivity (Wildman–Crippen MR) is 67.1 cm³/mol. The summed E-state index contributed by atoms with van der Waals surface area (Å²) >= 11 is 1.02. The monoisotopic (exact) mass is 285 g/mol. The van der Waals surface area contributed by atoms with Crippen molar-refractivity contribution in [3.05, 3.63) is 35.9 Å². The molecule has 0 unspecified atom stereocenters. The van der Waals surface area contributed by atoms with Gasteiger partial charge in [-0.25, -0.2) is 13.6 Å². The standard InChI is InChI=1S/C12H9F2NO3S/c1-17-12(16)18-9-5-10(19-11(9)15)7-3-2-6(13)4-8(7)14/h2-5H,15H2,1H3. The summed E-state index contributed by atoms with van der Waals surface area (Å²) in [5.41, 5.74) is 5.83. The number of halogens is 2. The van der Waals surface area contributed by atoms with Crippen molar-refractivity contribution in [3.8, 4) is 16.2 Å². The number of anilines is 1. The van der Waals surface area contributed by atoms with Crippen molar-refractivity contribution in [2.45, 2.75) is 0 Å². The lowest BCUT2D eigenvalue weighted by Crippen LogP contribution is -2.07. The Hall–Kier alpha value is -2.15. The van der Waals surface area contributed by atoms with Gasteiger partial charge in [0.1, 0.15) is 16.6 Å². The molecule has 0 fully saturated rings. The highest BCUT2D eigenvalue weighted by Crippen LogP contribution is 2.39. The number of carbonyl (C=O) groups is 1. The molecule has 7 heteroatoms. The number of carbonyl (C=O) groups excluding carboxylic acids is 1. The lowest BCUT2D eigenvalue weighted by Gasteiger charge is -2.00. The van der Waals surface area contributed by atoms with Crippen molar-refractivity contribution in [2.24, 2.45) is 0 Å². The molecule has 0 aliphatic heterocycles. The van der Waals surface area contributed by atoms with Gasteiger partial charge in [-0.05, 0) is 12.1 Å². The zero-order valence-corrected chi connectivity index (χ0v) is 10.6. The molecule has 0 saturated carbocycles. The Morgan fingerprint density at radius 1 is 1.32 bits per heavy atom. The summed E-state index contributed by atoms with van der Waals surface area (Å²) in [6.07, 6.45) is -0.921. The number of thiophene rings is 1. The zero-order valence-electron chi connectivity index (χ0n) is 9.78. The van der Waals surface area contributed by atoms with E-state index in [0.717, 1.165) is 30.6 Å². The maximum Gasteiger partial charge on any atom is 0.513 e. The fraction of sp³-hybridized carbons (Fsp3) is 0.0833. The van der Waals surface area contributed by atoms with Gasteiger partial charge in [-0.15, -0.1) is 11.3 Å². The van der Waals surface area contributed by atoms with Gasteiger partial charge in [-0.1, -0.05) is 0 Å². The van der Waals surface area contributed by atoms with Crippen LogP contribution in [0.5, 0.6) is 5.75 Å². The van der Waals surface area contributed by atoms with Crippen LogP contribution in [0.4, 0.5) is 18.6 Å². The molecule has 2 N–H and O–H groups in total. The number of ether oxygens (including phenoxy) is 2. The Morgan fingerprint density at radius 3 is 2.68 bits per heavy atom. The van der Waals surface area contributed by atoms with Gasteiger partial charge in [-0.2, -0.15) is 0 Å². The molecule has 2 aromatic rings. The predicted octanol–water partition coefficient (Wildman–Crippen LogP) is 3.42. The van der Waals surface area contributed by atoms with E-state index < -0.39 is 17.8 Å². The molecule has 4 nitrogen and oxygen atoms in total. The third-order valence-electron chi connectivity index (χ3n) is 2.28. The van der Waals surface area contributed by atoms with Crippen LogP contribution in [0.3, 0.4) is 0 Å². The average Bonchev–Trinajstić information content (AvgIpc) is 2.70. The molecule has 2 rings (SSSR count). The van der Waals surface area contributed by atoms with Crippen molar-refractivity contribution in [3.63, 3.8) is 0 Å². The molecule has 100 valence electrons. The quantitative estimate of drug-likeness (QED) is 0.859. The van der Waals surface area contributed by atoms with E-state index in [4.69, 9.17) is 10.5 Å². The minimum atomic E-state index is -0.921. The Bertz CT molecular complexity index is 627. The molecule has 0 bridgehead atoms. The van der Waals surface area contributed by atoms with Gasteiger partial charge in [0.05, 0.1) is 7.11 Å². The normalized spacial score (nSPS) is 10.3. The summed E-state index contributed by atoms with van der Waals surface area (Å²) in [6.45, 7) is 0. The lowest BCUT2D eigenvalue weighted by molar-refractivity contribution is 0.122. The van der Waals surface area contributed by atoms with Crippen molar-refractivity contribution in [1.82, 2.24) is 0 Å². The first-order chi connectivity index (χ1) is 9.01. The number of hydrogen-bond donors (Lipinski definition) is 1. The van der Waals surface area contributed by atoms with E-state index in [9.17, 15) is 13.6 Å². The maximum absolute atomic E-state index is 13.6. The first kappa shape index (κ1) is 13.3. The highest BCUT2D eigenvalue weighted by molar-refractivity contribution is 7.19. The van der Waals surface area contributed by atoms with E-state index in [0.29, 0.717) is 4.88 Å². The zero-order chi connectivity index (χ0) is 14.0. The van der Waals surface area contributed by atoms with Crippen molar-refractivity contribution in [2.75, 3.05) is 12.8 Å². The Balaban J connectivity index is 2.36. The van der Waals surface area contributed by atoms with Gasteiger partial charge in [0.2, 0.25) is 0 Å². The van der Waals surface area contributed by atoms with Crippen LogP contribution >= 0.6 is 11.3 Å². The lowest BCUT2D eigenvalue weighted by atomic mass is 10.2. The van der Waals surface area contributed by atoms with Crippen molar-refractivity contribution in [1.29, 1.82) is 0 Å². The van der Waals surface area contributed by atoms with Gasteiger partial charge >= 0.3 is 6.16 Å². The summed E-state index contributed by atoms with van der Waals surface area (Å²) in [5.74, 6) is -1.31. The second kappa shape index (κ2) is 5.23. The highest BCUT2D eigenvalue weighted by Gasteiger charge is 2.15. The van der Waals surface area contributed by atoms with Crippen LogP contribution in [0, 0.1) is 11.6 Å². The fourth-order valence-electron chi connectivity index (χ4n) is 1.42. The Kier molecular flexibility index (Phi) is 3.66. The van der Waals surface area contributed by atoms with Crippen LogP contribution in [0.25, 0.3) is 10.4 Å². The van der Waals surface area contributed by atoms with E-state index in [2.05, 4.69) is 4.74 Å². The molecule has 1 aromatic heterocycles. The first-order valence-corrected chi connectivity index (χ1v) is 5.93. The summed E-state index contributed by atoms with van der Waals surface area (Å²) in [4.78, 5) is 11.4. The number of benzene rings is 1. The molecule has 0 amide bonds. The summed E-state index contributed by atoms with van der Waals surface area (Å²) < 4.78 is 35.5. The van der Waals surface area contributed by atoms with Crippen LogP contribution in [-0.2, 0) is 4.74 Å². The number of hydrogen-bond acceptors (Lipinski definition) is 5. The maximum atomic E-state index is 13.6. The second-order valence-electron chi connectivity index (χ2n) is 3.52. The Morgan fingerprint density at radius 2 is 2.05 bits per heavy atom. The topological polar surface area (TPSA) is 61.5 Å². The molecule has 1 heterocycles. The largest absolute Gasteiger partial charge is 0.513 e. The minimum absolute atomic E-state index is 0.0792. The third kappa shape index (κ3) is 2.82. The van der Waals surface area contributed by atoms with Gasteiger partial charge in [0.25, 0.3) is 0 Å². The number of nitrogen functional groups attached to an aromatic ring is 1. The van der Waals surface area contributed by atoms with Gasteiger partial charge in [0.15, 0.2) is 5.75 Å². The van der Waals surface area contributed by atoms with Crippen molar-refractivity contribution < 1.29 is 23.0 Å². The van der Waals surface area contributed by atoms with E-state index in [1.807, 2.05) is 0 Å². The third-order valence-corrected chi connectivity index (χ3v) is 3.26. The summed E-state index contributed by atoms with van der Waals surface area (Å²) in [5, 5.41) is 0.198. The smallest absolute Gasteiger partial charge is 0.437 e. The van der Waals surface area contributed by atoms with Crippen LogP contribution in [-0.4, -0.2) is 13.3 Å². The van der Waals surface area contributed by atoms with Gasteiger partial charge < -0.3 is 15.2 Å². The van der Waals surface area contributed by atoms with Crippen LogP contribution < -0.4 is 10.5 Å². The molecule has 0 saturated heterocycles. The van der Waals surface area contributed by atoms with E-state index in [-0.39, 0.29) is 16.3 Å². The molecule has 1 aromatic carbocycles. The molecule has 0 atom stereocenters. The minimum Gasteiger partial charge on any atom is -0.437 e. The second-order valence-corrected chi connectivity index (χ2v) is 4.60. The molecule has 0 aliphatic carbocycles. The van der Waals surface area contributed by atoms with Gasteiger partial charge in [0, 0.05) is 22.6 Å². The summed E-state index contributed by atoms with van der Waals surface area (Å²) in [6, 6.07) is 4.59. The SMILES string of the molecule is COC(=O)Oc1cc(-c2ccc(F)cc2F)sc1N. The molecule has 0 spiro atoms. The highest BCUT2D eigenvalue weighted by atomic mass is 32.1. The number of methoxy groups -OCH3 is 1. The molecule has 0 radical (unpaired) electrons. The van der Waals surface area contributed by atoms with Crippen LogP contribution in [0.15, 0.2) is 24.3 Å². The number of rotatable bonds is 2. The van der Waals surface area contributed by atoms with E-state index in [1.165, 1.54) is 12.1 Å².